The number of hydrogen-bond donors (Lipinski definition) is 1. The van der Waals surface area contributed by atoms with Crippen LogP contribution in [0, 0.1) is 13.8 Å². The van der Waals surface area contributed by atoms with Gasteiger partial charge in [-0.25, -0.2) is 0 Å². The second kappa shape index (κ2) is 9.48. The molecule has 0 fully saturated rings. The zero-order valence-corrected chi connectivity index (χ0v) is 17.5. The van der Waals surface area contributed by atoms with Gasteiger partial charge in [-0.15, -0.1) is 0 Å². The maximum absolute atomic E-state index is 12.6. The molecule has 3 aromatic carbocycles. The molecule has 0 radical (unpaired) electrons. The van der Waals surface area contributed by atoms with E-state index in [4.69, 9.17) is 21.1 Å². The standard InChI is InChI=1S/C24H24ClNO3/c1-16-4-10-22(12-17(16)2)29-15-20-13-19(7-11-23(20)28-3)24(27)26-14-18-5-8-21(25)9-6-18/h4-13H,14-15H2,1-3H3,(H,26,27). The number of hydrogen-bond acceptors (Lipinski definition) is 3. The molecule has 0 bridgehead atoms. The van der Waals surface area contributed by atoms with Gasteiger partial charge >= 0.3 is 0 Å². The molecule has 4 nitrogen and oxygen atoms in total. The predicted molar refractivity (Wildman–Crippen MR) is 116 cm³/mol. The third-order valence-corrected chi connectivity index (χ3v) is 5.03. The lowest BCUT2D eigenvalue weighted by molar-refractivity contribution is 0.0950. The van der Waals surface area contributed by atoms with Gasteiger partial charge in [0.25, 0.3) is 5.91 Å². The lowest BCUT2D eigenvalue weighted by atomic mass is 10.1. The number of nitrogens with one attached hydrogen (secondary N) is 1. The van der Waals surface area contributed by atoms with Crippen molar-refractivity contribution < 1.29 is 14.3 Å². The third kappa shape index (κ3) is 5.52. The van der Waals surface area contributed by atoms with Gasteiger partial charge in [-0.3, -0.25) is 4.79 Å². The highest BCUT2D eigenvalue weighted by Gasteiger charge is 2.11. The maximum atomic E-state index is 12.6. The topological polar surface area (TPSA) is 47.6 Å². The monoisotopic (exact) mass is 409 g/mol. The number of methoxy groups -OCH3 is 1. The summed E-state index contributed by atoms with van der Waals surface area (Å²) in [7, 11) is 1.61. The van der Waals surface area contributed by atoms with E-state index >= 15 is 0 Å². The first-order valence-electron chi connectivity index (χ1n) is 9.36. The van der Waals surface area contributed by atoms with E-state index in [0.29, 0.717) is 29.5 Å². The minimum atomic E-state index is -0.157. The second-order valence-electron chi connectivity index (χ2n) is 6.87. The van der Waals surface area contributed by atoms with Crippen molar-refractivity contribution in [3.63, 3.8) is 0 Å². The van der Waals surface area contributed by atoms with E-state index in [-0.39, 0.29) is 5.91 Å². The fourth-order valence-corrected chi connectivity index (χ4v) is 3.01. The van der Waals surface area contributed by atoms with Crippen LogP contribution in [-0.2, 0) is 13.2 Å². The first-order valence-corrected chi connectivity index (χ1v) is 9.73. The van der Waals surface area contributed by atoms with Crippen LogP contribution in [0.4, 0.5) is 0 Å². The summed E-state index contributed by atoms with van der Waals surface area (Å²) in [5, 5.41) is 3.59. The normalized spacial score (nSPS) is 10.5. The Morgan fingerprint density at radius 3 is 2.41 bits per heavy atom. The number of carbonyl (C=O) groups is 1. The number of rotatable bonds is 7. The molecule has 0 unspecified atom stereocenters. The Kier molecular flexibility index (Phi) is 6.78. The Bertz CT molecular complexity index is 1000. The van der Waals surface area contributed by atoms with Gasteiger partial charge < -0.3 is 14.8 Å². The minimum Gasteiger partial charge on any atom is -0.496 e. The molecule has 150 valence electrons. The first kappa shape index (κ1) is 20.7. The highest BCUT2D eigenvalue weighted by atomic mass is 35.5. The molecule has 5 heteroatoms. The molecule has 0 saturated heterocycles. The van der Waals surface area contributed by atoms with Gasteiger partial charge in [0.05, 0.1) is 7.11 Å². The molecular formula is C24H24ClNO3. The lowest BCUT2D eigenvalue weighted by Gasteiger charge is -2.13. The van der Waals surface area contributed by atoms with Crippen molar-refractivity contribution in [2.75, 3.05) is 7.11 Å². The van der Waals surface area contributed by atoms with Crippen LogP contribution in [-0.4, -0.2) is 13.0 Å². The van der Waals surface area contributed by atoms with Crippen molar-refractivity contribution in [3.8, 4) is 11.5 Å². The van der Waals surface area contributed by atoms with Crippen LogP contribution in [0.15, 0.2) is 60.7 Å². The van der Waals surface area contributed by atoms with Crippen LogP contribution in [0.3, 0.4) is 0 Å². The lowest BCUT2D eigenvalue weighted by Crippen LogP contribution is -2.23. The Hall–Kier alpha value is -2.98. The Morgan fingerprint density at radius 1 is 0.966 bits per heavy atom. The van der Waals surface area contributed by atoms with E-state index in [0.717, 1.165) is 16.9 Å². The van der Waals surface area contributed by atoms with Crippen LogP contribution in [0.1, 0.15) is 32.6 Å². The maximum Gasteiger partial charge on any atom is 0.251 e. The largest absolute Gasteiger partial charge is 0.496 e. The molecule has 0 aliphatic rings. The first-order chi connectivity index (χ1) is 14.0. The average Bonchev–Trinajstić information content (AvgIpc) is 2.73. The highest BCUT2D eigenvalue weighted by molar-refractivity contribution is 6.30. The van der Waals surface area contributed by atoms with Gasteiger partial charge in [0.2, 0.25) is 0 Å². The Balaban J connectivity index is 1.69. The summed E-state index contributed by atoms with van der Waals surface area (Å²) in [5.74, 6) is 1.31. The summed E-state index contributed by atoms with van der Waals surface area (Å²) >= 11 is 5.90. The number of carbonyl (C=O) groups excluding carboxylic acids is 1. The smallest absolute Gasteiger partial charge is 0.251 e. The van der Waals surface area contributed by atoms with Gasteiger partial charge in [0.1, 0.15) is 18.1 Å². The Morgan fingerprint density at radius 2 is 1.72 bits per heavy atom. The molecule has 0 spiro atoms. The van der Waals surface area contributed by atoms with Crippen LogP contribution in [0.25, 0.3) is 0 Å². The van der Waals surface area contributed by atoms with E-state index in [9.17, 15) is 4.79 Å². The van der Waals surface area contributed by atoms with E-state index in [1.54, 1.807) is 37.4 Å². The molecule has 3 aromatic rings. The van der Waals surface area contributed by atoms with Crippen molar-refractivity contribution in [1.29, 1.82) is 0 Å². The molecule has 29 heavy (non-hydrogen) atoms. The van der Waals surface area contributed by atoms with Crippen LogP contribution < -0.4 is 14.8 Å². The number of halogens is 1. The number of aryl methyl sites for hydroxylation is 2. The summed E-state index contributed by atoms with van der Waals surface area (Å²) < 4.78 is 11.3. The zero-order valence-electron chi connectivity index (χ0n) is 16.8. The zero-order chi connectivity index (χ0) is 20.8. The third-order valence-electron chi connectivity index (χ3n) is 4.78. The van der Waals surface area contributed by atoms with Crippen molar-refractivity contribution >= 4 is 17.5 Å². The second-order valence-corrected chi connectivity index (χ2v) is 7.31. The summed E-state index contributed by atoms with van der Waals surface area (Å²) in [4.78, 5) is 12.6. The molecule has 0 heterocycles. The fraction of sp³-hybridized carbons (Fsp3) is 0.208. The van der Waals surface area contributed by atoms with Crippen molar-refractivity contribution in [2.45, 2.75) is 27.0 Å². The summed E-state index contributed by atoms with van der Waals surface area (Å²) in [6.45, 7) is 4.85. The number of benzene rings is 3. The predicted octanol–water partition coefficient (Wildman–Crippen LogP) is 5.47. The molecular weight excluding hydrogens is 386 g/mol. The molecule has 0 saturated carbocycles. The number of amides is 1. The van der Waals surface area contributed by atoms with Crippen LogP contribution in [0.2, 0.25) is 5.02 Å². The molecule has 0 atom stereocenters. The molecule has 1 N–H and O–H groups in total. The molecule has 3 rings (SSSR count). The van der Waals surface area contributed by atoms with Gasteiger partial charge in [0.15, 0.2) is 0 Å². The fourth-order valence-electron chi connectivity index (χ4n) is 2.88. The van der Waals surface area contributed by atoms with E-state index in [2.05, 4.69) is 19.2 Å². The van der Waals surface area contributed by atoms with Crippen molar-refractivity contribution in [2.24, 2.45) is 0 Å². The Labute approximate surface area is 176 Å². The highest BCUT2D eigenvalue weighted by Crippen LogP contribution is 2.23. The van der Waals surface area contributed by atoms with Gasteiger partial charge in [-0.2, -0.15) is 0 Å². The van der Waals surface area contributed by atoms with Gasteiger partial charge in [0, 0.05) is 22.7 Å². The average molecular weight is 410 g/mol. The number of ether oxygens (including phenoxy) is 2. The SMILES string of the molecule is COc1ccc(C(=O)NCc2ccc(Cl)cc2)cc1COc1ccc(C)c(C)c1. The van der Waals surface area contributed by atoms with E-state index < -0.39 is 0 Å². The molecule has 0 aliphatic heterocycles. The molecule has 0 aromatic heterocycles. The van der Waals surface area contributed by atoms with Gasteiger partial charge in [-0.05, 0) is 73.0 Å². The van der Waals surface area contributed by atoms with Crippen molar-refractivity contribution in [3.05, 3.63) is 93.5 Å². The summed E-state index contributed by atoms with van der Waals surface area (Å²) in [6, 6.07) is 18.7. The summed E-state index contributed by atoms with van der Waals surface area (Å²) in [6.07, 6.45) is 0. The molecule has 1 amide bonds. The van der Waals surface area contributed by atoms with Crippen LogP contribution in [0.5, 0.6) is 11.5 Å². The minimum absolute atomic E-state index is 0.157. The quantitative estimate of drug-likeness (QED) is 0.562. The van der Waals surface area contributed by atoms with E-state index in [1.165, 1.54) is 11.1 Å². The van der Waals surface area contributed by atoms with E-state index in [1.807, 2.05) is 30.3 Å². The van der Waals surface area contributed by atoms with Crippen molar-refractivity contribution in [1.82, 2.24) is 5.32 Å². The van der Waals surface area contributed by atoms with Gasteiger partial charge in [-0.1, -0.05) is 29.8 Å². The van der Waals surface area contributed by atoms with Crippen LogP contribution >= 0.6 is 11.6 Å². The summed E-state index contributed by atoms with van der Waals surface area (Å²) in [5.41, 5.74) is 4.73. The molecule has 0 aliphatic carbocycles.